The molecule has 15 heavy (non-hydrogen) atoms. The highest BCUT2D eigenvalue weighted by atomic mass is 32.1. The van der Waals surface area contributed by atoms with Crippen LogP contribution in [0.4, 0.5) is 0 Å². The van der Waals surface area contributed by atoms with E-state index in [0.717, 1.165) is 6.42 Å². The molecular weight excluding hydrogens is 208 g/mol. The van der Waals surface area contributed by atoms with Gasteiger partial charge in [-0.25, -0.2) is 0 Å². The van der Waals surface area contributed by atoms with E-state index in [4.69, 9.17) is 0 Å². The van der Waals surface area contributed by atoms with Crippen molar-refractivity contribution in [3.8, 4) is 0 Å². The fourth-order valence-corrected chi connectivity index (χ4v) is 2.04. The molecule has 2 nitrogen and oxygen atoms in total. The summed E-state index contributed by atoms with van der Waals surface area (Å²) in [6.45, 7) is 7.68. The predicted octanol–water partition coefficient (Wildman–Crippen LogP) is 3.05. The van der Waals surface area contributed by atoms with Crippen molar-refractivity contribution in [1.29, 1.82) is 0 Å². The summed E-state index contributed by atoms with van der Waals surface area (Å²) in [6, 6.07) is 0. The van der Waals surface area contributed by atoms with Gasteiger partial charge >= 0.3 is 0 Å². The second kappa shape index (κ2) is 6.31. The first kappa shape index (κ1) is 14.7. The van der Waals surface area contributed by atoms with Crippen molar-refractivity contribution < 1.29 is 9.59 Å². The van der Waals surface area contributed by atoms with Crippen LogP contribution in [-0.4, -0.2) is 16.3 Å². The summed E-state index contributed by atoms with van der Waals surface area (Å²) in [6.07, 6.45) is 2.27. The standard InChI is InChI=1S/C12H22O2S/c1-9(8-12(3,4)15)7-11(14)6-5-10(2)13/h9,15H,5-8H2,1-4H3. The van der Waals surface area contributed by atoms with Crippen LogP contribution < -0.4 is 0 Å². The predicted molar refractivity (Wildman–Crippen MR) is 66.4 cm³/mol. The molecule has 1 unspecified atom stereocenters. The van der Waals surface area contributed by atoms with Crippen LogP contribution in [0.1, 0.15) is 53.4 Å². The van der Waals surface area contributed by atoms with Gasteiger partial charge in [0.1, 0.15) is 11.6 Å². The monoisotopic (exact) mass is 230 g/mol. The summed E-state index contributed by atoms with van der Waals surface area (Å²) in [5.41, 5.74) is 0. The van der Waals surface area contributed by atoms with Crippen LogP contribution in [0.2, 0.25) is 0 Å². The third-order valence-corrected chi connectivity index (χ3v) is 2.36. The topological polar surface area (TPSA) is 34.1 Å². The maximum atomic E-state index is 11.5. The number of ketones is 2. The molecule has 0 saturated heterocycles. The van der Waals surface area contributed by atoms with Crippen LogP contribution in [0.15, 0.2) is 0 Å². The third kappa shape index (κ3) is 9.98. The van der Waals surface area contributed by atoms with Gasteiger partial charge in [-0.05, 0) is 19.3 Å². The van der Waals surface area contributed by atoms with Crippen molar-refractivity contribution in [2.24, 2.45) is 5.92 Å². The number of Topliss-reactive ketones (excluding diaryl/α,β-unsaturated/α-hetero) is 2. The Morgan fingerprint density at radius 2 is 1.80 bits per heavy atom. The van der Waals surface area contributed by atoms with Crippen molar-refractivity contribution in [3.63, 3.8) is 0 Å². The molecule has 0 aromatic heterocycles. The Bertz CT molecular complexity index is 228. The first-order valence-corrected chi connectivity index (χ1v) is 5.89. The molecule has 0 saturated carbocycles. The number of carbonyl (C=O) groups excluding carboxylic acids is 2. The minimum absolute atomic E-state index is 0.0275. The van der Waals surface area contributed by atoms with Crippen LogP contribution in [0.5, 0.6) is 0 Å². The number of hydrogen-bond donors (Lipinski definition) is 1. The van der Waals surface area contributed by atoms with Crippen LogP contribution in [-0.2, 0) is 9.59 Å². The third-order valence-electron chi connectivity index (χ3n) is 2.18. The van der Waals surface area contributed by atoms with Gasteiger partial charge in [0.05, 0.1) is 0 Å². The first-order chi connectivity index (χ1) is 6.70. The average molecular weight is 230 g/mol. The lowest BCUT2D eigenvalue weighted by molar-refractivity contribution is -0.123. The quantitative estimate of drug-likeness (QED) is 0.682. The highest BCUT2D eigenvalue weighted by Gasteiger charge is 2.18. The van der Waals surface area contributed by atoms with Crippen molar-refractivity contribution in [1.82, 2.24) is 0 Å². The highest BCUT2D eigenvalue weighted by molar-refractivity contribution is 7.81. The van der Waals surface area contributed by atoms with Gasteiger partial charge in [0.15, 0.2) is 0 Å². The SMILES string of the molecule is CC(=O)CCC(=O)CC(C)CC(C)(C)S. The minimum Gasteiger partial charge on any atom is -0.300 e. The molecule has 0 heterocycles. The van der Waals surface area contributed by atoms with Gasteiger partial charge in [0, 0.05) is 24.0 Å². The molecular formula is C12H22O2S. The summed E-state index contributed by atoms with van der Waals surface area (Å²) in [5, 5.41) is 0. The molecule has 0 spiro atoms. The first-order valence-electron chi connectivity index (χ1n) is 5.44. The van der Waals surface area contributed by atoms with E-state index in [9.17, 15) is 9.59 Å². The van der Waals surface area contributed by atoms with Crippen LogP contribution in [0.3, 0.4) is 0 Å². The molecule has 0 aromatic carbocycles. The van der Waals surface area contributed by atoms with E-state index in [1.54, 1.807) is 0 Å². The molecule has 0 bridgehead atoms. The minimum atomic E-state index is -0.0275. The molecule has 0 radical (unpaired) electrons. The number of hydrogen-bond acceptors (Lipinski definition) is 3. The Kier molecular flexibility index (Phi) is 6.18. The molecule has 0 rings (SSSR count). The van der Waals surface area contributed by atoms with E-state index in [-0.39, 0.29) is 16.3 Å². The molecule has 1 atom stereocenters. The molecule has 0 amide bonds. The van der Waals surface area contributed by atoms with Crippen molar-refractivity contribution in [2.45, 2.75) is 58.1 Å². The molecule has 3 heteroatoms. The lowest BCUT2D eigenvalue weighted by atomic mass is 9.92. The smallest absolute Gasteiger partial charge is 0.133 e. The Hall–Kier alpha value is -0.310. The van der Waals surface area contributed by atoms with Crippen LogP contribution in [0, 0.1) is 5.92 Å². The fraction of sp³-hybridized carbons (Fsp3) is 0.833. The van der Waals surface area contributed by atoms with Crippen molar-refractivity contribution >= 4 is 24.2 Å². The highest BCUT2D eigenvalue weighted by Crippen LogP contribution is 2.24. The van der Waals surface area contributed by atoms with E-state index >= 15 is 0 Å². The second-order valence-electron chi connectivity index (χ2n) is 5.07. The molecule has 0 fully saturated rings. The van der Waals surface area contributed by atoms with E-state index in [0.29, 0.717) is 25.2 Å². The Morgan fingerprint density at radius 3 is 2.20 bits per heavy atom. The van der Waals surface area contributed by atoms with Gasteiger partial charge in [-0.1, -0.05) is 20.8 Å². The molecule has 0 aliphatic carbocycles. The van der Waals surface area contributed by atoms with E-state index in [1.165, 1.54) is 6.92 Å². The van der Waals surface area contributed by atoms with Crippen molar-refractivity contribution in [2.75, 3.05) is 0 Å². The number of thiol groups is 1. The summed E-state index contributed by atoms with van der Waals surface area (Å²) in [5.74, 6) is 0.623. The maximum Gasteiger partial charge on any atom is 0.133 e. The fourth-order valence-electron chi connectivity index (χ4n) is 1.73. The summed E-state index contributed by atoms with van der Waals surface area (Å²) < 4.78 is -0.0275. The molecule has 0 aliphatic heterocycles. The van der Waals surface area contributed by atoms with Gasteiger partial charge in [0.25, 0.3) is 0 Å². The van der Waals surface area contributed by atoms with Gasteiger partial charge in [0.2, 0.25) is 0 Å². The van der Waals surface area contributed by atoms with Crippen LogP contribution >= 0.6 is 12.6 Å². The van der Waals surface area contributed by atoms with Gasteiger partial charge in [-0.2, -0.15) is 12.6 Å². The Labute approximate surface area is 98.2 Å². The second-order valence-corrected chi connectivity index (χ2v) is 6.28. The summed E-state index contributed by atoms with van der Waals surface area (Å²) in [4.78, 5) is 22.2. The van der Waals surface area contributed by atoms with Gasteiger partial charge in [-0.3, -0.25) is 4.79 Å². The molecule has 0 aliphatic rings. The lowest BCUT2D eigenvalue weighted by Gasteiger charge is -2.21. The van der Waals surface area contributed by atoms with E-state index in [1.807, 2.05) is 13.8 Å². The van der Waals surface area contributed by atoms with Gasteiger partial charge in [-0.15, -0.1) is 0 Å². The Morgan fingerprint density at radius 1 is 1.27 bits per heavy atom. The molecule has 0 aromatic rings. The zero-order valence-electron chi connectivity index (χ0n) is 10.2. The maximum absolute atomic E-state index is 11.5. The van der Waals surface area contributed by atoms with Gasteiger partial charge < -0.3 is 4.79 Å². The summed E-state index contributed by atoms with van der Waals surface area (Å²) in [7, 11) is 0. The zero-order valence-corrected chi connectivity index (χ0v) is 11.1. The number of rotatable bonds is 7. The zero-order chi connectivity index (χ0) is 12.1. The summed E-state index contributed by atoms with van der Waals surface area (Å²) >= 11 is 4.44. The number of carbonyl (C=O) groups is 2. The molecule has 0 N–H and O–H groups in total. The Balaban J connectivity index is 3.81. The normalized spacial score (nSPS) is 13.7. The van der Waals surface area contributed by atoms with E-state index in [2.05, 4.69) is 19.6 Å². The van der Waals surface area contributed by atoms with Crippen LogP contribution in [0.25, 0.3) is 0 Å². The lowest BCUT2D eigenvalue weighted by Crippen LogP contribution is -2.17. The molecule has 88 valence electrons. The average Bonchev–Trinajstić information content (AvgIpc) is 1.96. The van der Waals surface area contributed by atoms with Crippen molar-refractivity contribution in [3.05, 3.63) is 0 Å². The van der Waals surface area contributed by atoms with E-state index < -0.39 is 0 Å². The largest absolute Gasteiger partial charge is 0.300 e.